The van der Waals surface area contributed by atoms with Crippen LogP contribution in [0.2, 0.25) is 0 Å². The summed E-state index contributed by atoms with van der Waals surface area (Å²) in [7, 11) is 0. The molecule has 0 unspecified atom stereocenters. The normalized spacial score (nSPS) is 15.9. The maximum atomic E-state index is 13.1. The molecule has 1 aliphatic rings. The van der Waals surface area contributed by atoms with Crippen LogP contribution >= 0.6 is 24.0 Å². The van der Waals surface area contributed by atoms with Gasteiger partial charge in [0.15, 0.2) is 5.96 Å². The molecule has 5 nitrogen and oxygen atoms in total. The van der Waals surface area contributed by atoms with Crippen LogP contribution in [-0.4, -0.2) is 48.7 Å². The van der Waals surface area contributed by atoms with Crippen LogP contribution in [0.25, 0.3) is 10.9 Å². The molecule has 7 heteroatoms. The van der Waals surface area contributed by atoms with Crippen LogP contribution in [-0.2, 0) is 11.2 Å². The molecule has 1 saturated heterocycles. The number of aliphatic imine (C=N–C) groups is 1. The number of aromatic amines is 1. The largest absolute Gasteiger partial charge is 0.378 e. The second kappa shape index (κ2) is 7.77. The van der Waals surface area contributed by atoms with E-state index in [0.717, 1.165) is 36.0 Å². The number of halogens is 2. The minimum absolute atomic E-state index is 0. The van der Waals surface area contributed by atoms with Crippen LogP contribution in [0.1, 0.15) is 5.56 Å². The van der Waals surface area contributed by atoms with Gasteiger partial charge in [0.1, 0.15) is 5.82 Å². The standard InChI is InChI=1S/C15H19FN4O.HI/c16-12-1-2-13-11(10-19-14(13)9-12)3-4-18-15(17)20-5-7-21-8-6-20;/h1-2,9-10,19H,3-8H2,(H2,17,18);1H. The number of hydrogen-bond acceptors (Lipinski definition) is 2. The molecule has 0 aliphatic carbocycles. The average Bonchev–Trinajstić information content (AvgIpc) is 2.90. The number of nitrogens with one attached hydrogen (secondary N) is 1. The van der Waals surface area contributed by atoms with Crippen molar-refractivity contribution in [3.63, 3.8) is 0 Å². The Hall–Kier alpha value is -1.35. The highest BCUT2D eigenvalue weighted by atomic mass is 127. The molecule has 22 heavy (non-hydrogen) atoms. The van der Waals surface area contributed by atoms with Gasteiger partial charge in [0.2, 0.25) is 0 Å². The fourth-order valence-electron chi connectivity index (χ4n) is 2.55. The van der Waals surface area contributed by atoms with E-state index in [4.69, 9.17) is 10.5 Å². The molecule has 120 valence electrons. The van der Waals surface area contributed by atoms with Crippen molar-refractivity contribution in [2.75, 3.05) is 32.8 Å². The van der Waals surface area contributed by atoms with Crippen molar-refractivity contribution in [1.82, 2.24) is 9.88 Å². The van der Waals surface area contributed by atoms with Gasteiger partial charge in [-0.15, -0.1) is 24.0 Å². The van der Waals surface area contributed by atoms with Crippen LogP contribution in [0.3, 0.4) is 0 Å². The summed E-state index contributed by atoms with van der Waals surface area (Å²) in [6.45, 7) is 3.60. The molecule has 0 saturated carbocycles. The quantitative estimate of drug-likeness (QED) is 0.456. The number of rotatable bonds is 3. The Balaban J connectivity index is 0.00000176. The number of morpholine rings is 1. The summed E-state index contributed by atoms with van der Waals surface area (Å²) in [6, 6.07) is 4.78. The Morgan fingerprint density at radius 2 is 2.14 bits per heavy atom. The fraction of sp³-hybridized carbons (Fsp3) is 0.400. The number of benzene rings is 1. The van der Waals surface area contributed by atoms with Crippen molar-refractivity contribution in [3.05, 3.63) is 35.8 Å². The second-order valence-electron chi connectivity index (χ2n) is 5.09. The van der Waals surface area contributed by atoms with Crippen LogP contribution in [0.4, 0.5) is 4.39 Å². The minimum Gasteiger partial charge on any atom is -0.378 e. The van der Waals surface area contributed by atoms with Gasteiger partial charge in [0, 0.05) is 36.7 Å². The molecule has 1 fully saturated rings. The molecular formula is C15H20FIN4O. The van der Waals surface area contributed by atoms with Gasteiger partial charge < -0.3 is 20.4 Å². The third kappa shape index (κ3) is 3.89. The van der Waals surface area contributed by atoms with E-state index in [1.54, 1.807) is 6.07 Å². The summed E-state index contributed by atoms with van der Waals surface area (Å²) in [5, 5.41) is 1.04. The number of guanidine groups is 1. The summed E-state index contributed by atoms with van der Waals surface area (Å²) >= 11 is 0. The summed E-state index contributed by atoms with van der Waals surface area (Å²) < 4.78 is 18.4. The third-order valence-corrected chi connectivity index (χ3v) is 3.72. The zero-order valence-corrected chi connectivity index (χ0v) is 14.5. The lowest BCUT2D eigenvalue weighted by Gasteiger charge is -2.27. The molecule has 3 rings (SSSR count). The Bertz CT molecular complexity index is 652. The smallest absolute Gasteiger partial charge is 0.191 e. The van der Waals surface area contributed by atoms with Crippen molar-refractivity contribution in [1.29, 1.82) is 0 Å². The predicted octanol–water partition coefficient (Wildman–Crippen LogP) is 2.11. The maximum Gasteiger partial charge on any atom is 0.191 e. The maximum absolute atomic E-state index is 13.1. The fourth-order valence-corrected chi connectivity index (χ4v) is 2.55. The van der Waals surface area contributed by atoms with Gasteiger partial charge in [-0.2, -0.15) is 0 Å². The first-order valence-electron chi connectivity index (χ1n) is 7.12. The second-order valence-corrected chi connectivity index (χ2v) is 5.09. The lowest BCUT2D eigenvalue weighted by atomic mass is 10.1. The van der Waals surface area contributed by atoms with E-state index >= 15 is 0 Å². The van der Waals surface area contributed by atoms with Gasteiger partial charge in [-0.1, -0.05) is 0 Å². The number of hydrogen-bond donors (Lipinski definition) is 2. The number of nitrogens with zero attached hydrogens (tertiary/aromatic N) is 2. The van der Waals surface area contributed by atoms with Crippen LogP contribution in [0, 0.1) is 5.82 Å². The molecule has 0 amide bonds. The third-order valence-electron chi connectivity index (χ3n) is 3.72. The van der Waals surface area contributed by atoms with Gasteiger partial charge in [-0.05, 0) is 30.2 Å². The molecule has 0 bridgehead atoms. The minimum atomic E-state index is -0.231. The van der Waals surface area contributed by atoms with Gasteiger partial charge in [-0.3, -0.25) is 4.99 Å². The van der Waals surface area contributed by atoms with Crippen molar-refractivity contribution >= 4 is 40.8 Å². The van der Waals surface area contributed by atoms with E-state index in [1.165, 1.54) is 12.1 Å². The Kier molecular flexibility index (Phi) is 6.01. The monoisotopic (exact) mass is 418 g/mol. The van der Waals surface area contributed by atoms with Crippen molar-refractivity contribution in [2.45, 2.75) is 6.42 Å². The molecule has 0 atom stereocenters. The van der Waals surface area contributed by atoms with Gasteiger partial charge >= 0.3 is 0 Å². The molecule has 2 aromatic rings. The van der Waals surface area contributed by atoms with E-state index in [-0.39, 0.29) is 29.8 Å². The number of fused-ring (bicyclic) bond motifs is 1. The predicted molar refractivity (Wildman–Crippen MR) is 96.3 cm³/mol. The van der Waals surface area contributed by atoms with E-state index < -0.39 is 0 Å². The van der Waals surface area contributed by atoms with Gasteiger partial charge in [0.25, 0.3) is 0 Å². The molecule has 1 aromatic carbocycles. The highest BCUT2D eigenvalue weighted by Gasteiger charge is 2.12. The first kappa shape index (κ1) is 17.0. The number of H-pyrrole nitrogens is 1. The summed E-state index contributed by atoms with van der Waals surface area (Å²) in [5.74, 6) is 0.342. The lowest BCUT2D eigenvalue weighted by molar-refractivity contribution is 0.0674. The van der Waals surface area contributed by atoms with Crippen molar-refractivity contribution in [3.8, 4) is 0 Å². The van der Waals surface area contributed by atoms with Crippen LogP contribution in [0.15, 0.2) is 29.4 Å². The van der Waals surface area contributed by atoms with Gasteiger partial charge in [0.05, 0.1) is 13.2 Å². The summed E-state index contributed by atoms with van der Waals surface area (Å²) in [6.07, 6.45) is 2.68. The zero-order chi connectivity index (χ0) is 14.7. The highest BCUT2D eigenvalue weighted by Crippen LogP contribution is 2.19. The van der Waals surface area contributed by atoms with Crippen molar-refractivity contribution < 1.29 is 9.13 Å². The Morgan fingerprint density at radius 1 is 1.36 bits per heavy atom. The highest BCUT2D eigenvalue weighted by molar-refractivity contribution is 14.0. The summed E-state index contributed by atoms with van der Waals surface area (Å²) in [5.41, 5.74) is 7.93. The Labute approximate surface area is 145 Å². The van der Waals surface area contributed by atoms with Gasteiger partial charge in [-0.25, -0.2) is 4.39 Å². The lowest BCUT2D eigenvalue weighted by Crippen LogP contribution is -2.44. The molecule has 1 aliphatic heterocycles. The number of ether oxygens (including phenoxy) is 1. The van der Waals surface area contributed by atoms with Crippen LogP contribution < -0.4 is 5.73 Å². The molecule has 2 heterocycles. The number of aromatic nitrogens is 1. The first-order chi connectivity index (χ1) is 10.2. The molecular weight excluding hydrogens is 398 g/mol. The SMILES string of the molecule is I.NC(=NCCc1c[nH]c2cc(F)ccc12)N1CCOCC1. The first-order valence-corrected chi connectivity index (χ1v) is 7.12. The molecule has 3 N–H and O–H groups in total. The van der Waals surface area contributed by atoms with E-state index in [0.29, 0.717) is 25.7 Å². The molecule has 0 spiro atoms. The topological polar surface area (TPSA) is 66.6 Å². The van der Waals surface area contributed by atoms with Crippen LogP contribution in [0.5, 0.6) is 0 Å². The molecule has 0 radical (unpaired) electrons. The summed E-state index contributed by atoms with van der Waals surface area (Å²) in [4.78, 5) is 9.54. The number of nitrogens with two attached hydrogens (primary N) is 1. The Morgan fingerprint density at radius 3 is 2.91 bits per heavy atom. The van der Waals surface area contributed by atoms with E-state index in [1.807, 2.05) is 11.1 Å². The van der Waals surface area contributed by atoms with E-state index in [2.05, 4.69) is 9.98 Å². The zero-order valence-electron chi connectivity index (χ0n) is 12.2. The van der Waals surface area contributed by atoms with Crippen molar-refractivity contribution in [2.24, 2.45) is 10.7 Å². The average molecular weight is 418 g/mol. The van der Waals surface area contributed by atoms with E-state index in [9.17, 15) is 4.39 Å². The molecule has 1 aromatic heterocycles.